The van der Waals surface area contributed by atoms with Crippen LogP contribution in [0.1, 0.15) is 25.7 Å². The zero-order valence-electron chi connectivity index (χ0n) is 14.9. The van der Waals surface area contributed by atoms with Crippen LogP contribution in [0.25, 0.3) is 11.0 Å². The molecule has 6 heteroatoms. The molecule has 1 amide bonds. The normalized spacial score (nSPS) is 11.1. The fraction of sp³-hybridized carbons (Fsp3) is 0.300. The maximum absolute atomic E-state index is 12.0. The van der Waals surface area contributed by atoms with E-state index in [1.54, 1.807) is 24.3 Å². The van der Waals surface area contributed by atoms with Gasteiger partial charge in [-0.2, -0.15) is 0 Å². The van der Waals surface area contributed by atoms with Gasteiger partial charge in [-0.1, -0.05) is 23.7 Å². The summed E-state index contributed by atoms with van der Waals surface area (Å²) in [5.41, 5.74) is 2.10. The van der Waals surface area contributed by atoms with Crippen molar-refractivity contribution in [1.29, 1.82) is 0 Å². The van der Waals surface area contributed by atoms with Gasteiger partial charge in [-0.25, -0.2) is 4.98 Å². The molecule has 0 radical (unpaired) electrons. The third kappa shape index (κ3) is 4.35. The Balaban J connectivity index is 1.54. The summed E-state index contributed by atoms with van der Waals surface area (Å²) in [5.74, 6) is 1.43. The summed E-state index contributed by atoms with van der Waals surface area (Å²) in [6.45, 7) is 4.76. The molecule has 0 atom stereocenters. The number of halogens is 1. The average Bonchev–Trinajstić information content (AvgIpc) is 2.99. The van der Waals surface area contributed by atoms with Crippen LogP contribution in [0.3, 0.4) is 0 Å². The lowest BCUT2D eigenvalue weighted by atomic mass is 10.3. The topological polar surface area (TPSA) is 56.2 Å². The molecule has 0 aliphatic carbocycles. The number of aromatic nitrogens is 2. The fourth-order valence-corrected chi connectivity index (χ4v) is 3.02. The number of amides is 1. The van der Waals surface area contributed by atoms with Crippen molar-refractivity contribution in [1.82, 2.24) is 14.9 Å². The van der Waals surface area contributed by atoms with Gasteiger partial charge in [0.1, 0.15) is 11.6 Å². The van der Waals surface area contributed by atoms with Gasteiger partial charge >= 0.3 is 0 Å². The third-order valence-electron chi connectivity index (χ3n) is 4.04. The fourth-order valence-electron chi connectivity index (χ4n) is 2.89. The first-order chi connectivity index (χ1) is 12.5. The molecule has 1 N–H and O–H groups in total. The van der Waals surface area contributed by atoms with E-state index in [0.29, 0.717) is 29.8 Å². The Morgan fingerprint density at radius 2 is 1.92 bits per heavy atom. The summed E-state index contributed by atoms with van der Waals surface area (Å²) in [5, 5.41) is 3.51. The number of carbonyl (C=O) groups is 1. The molecule has 0 aliphatic heterocycles. The molecule has 1 heterocycles. The van der Waals surface area contributed by atoms with E-state index in [1.165, 1.54) is 0 Å². The Hall–Kier alpha value is -2.53. The van der Waals surface area contributed by atoms with E-state index >= 15 is 0 Å². The molecule has 2 aromatic carbocycles. The van der Waals surface area contributed by atoms with Gasteiger partial charge in [-0.3, -0.25) is 4.79 Å². The molecule has 0 saturated heterocycles. The summed E-state index contributed by atoms with van der Waals surface area (Å²) in [6, 6.07) is 15.3. The predicted molar refractivity (Wildman–Crippen MR) is 104 cm³/mol. The van der Waals surface area contributed by atoms with Crippen LogP contribution >= 0.6 is 11.6 Å². The smallest absolute Gasteiger partial charge is 0.257 e. The molecule has 5 nitrogen and oxygen atoms in total. The van der Waals surface area contributed by atoms with Crippen molar-refractivity contribution in [3.63, 3.8) is 0 Å². The second-order valence-corrected chi connectivity index (χ2v) is 6.76. The summed E-state index contributed by atoms with van der Waals surface area (Å²) in [4.78, 5) is 16.7. The SMILES string of the molecule is CC(C)n1c(CCNC(=O)COc2ccc(Cl)cc2)nc2ccccc21. The van der Waals surface area contributed by atoms with E-state index in [-0.39, 0.29) is 12.5 Å². The van der Waals surface area contributed by atoms with E-state index in [9.17, 15) is 4.79 Å². The zero-order valence-corrected chi connectivity index (χ0v) is 15.7. The molecule has 3 aromatic rings. The standard InChI is InChI=1S/C20H22ClN3O2/c1-14(2)24-18-6-4-3-5-17(18)23-19(24)11-12-22-20(25)13-26-16-9-7-15(21)8-10-16/h3-10,14H,11-13H2,1-2H3,(H,22,25). The number of ether oxygens (including phenoxy) is 1. The number of para-hydroxylation sites is 2. The number of nitrogens with zero attached hydrogens (tertiary/aromatic N) is 2. The second-order valence-electron chi connectivity index (χ2n) is 6.32. The third-order valence-corrected chi connectivity index (χ3v) is 4.29. The highest BCUT2D eigenvalue weighted by atomic mass is 35.5. The molecule has 3 rings (SSSR count). The van der Waals surface area contributed by atoms with Crippen LogP contribution in [-0.4, -0.2) is 28.6 Å². The number of fused-ring (bicyclic) bond motifs is 1. The minimum absolute atomic E-state index is 0.0256. The Kier molecular flexibility index (Phi) is 5.78. The highest BCUT2D eigenvalue weighted by molar-refractivity contribution is 6.30. The maximum atomic E-state index is 12.0. The number of benzene rings is 2. The largest absolute Gasteiger partial charge is 0.484 e. The minimum atomic E-state index is -0.160. The summed E-state index contributed by atoms with van der Waals surface area (Å²) in [7, 11) is 0. The quantitative estimate of drug-likeness (QED) is 0.682. The van der Waals surface area contributed by atoms with Crippen LogP contribution in [0.4, 0.5) is 0 Å². The highest BCUT2D eigenvalue weighted by Crippen LogP contribution is 2.21. The number of carbonyl (C=O) groups excluding carboxylic acids is 1. The average molecular weight is 372 g/mol. The minimum Gasteiger partial charge on any atom is -0.484 e. The molecule has 0 bridgehead atoms. The predicted octanol–water partition coefficient (Wildman–Crippen LogP) is 4.01. The monoisotopic (exact) mass is 371 g/mol. The molecule has 0 aliphatic rings. The molecule has 136 valence electrons. The van der Waals surface area contributed by atoms with Gasteiger partial charge in [0.2, 0.25) is 0 Å². The molecule has 26 heavy (non-hydrogen) atoms. The molecule has 1 aromatic heterocycles. The Labute approximate surface area is 157 Å². The van der Waals surface area contributed by atoms with Crippen molar-refractivity contribution in [2.24, 2.45) is 0 Å². The first-order valence-electron chi connectivity index (χ1n) is 8.65. The lowest BCUT2D eigenvalue weighted by molar-refractivity contribution is -0.123. The van der Waals surface area contributed by atoms with Crippen molar-refractivity contribution >= 4 is 28.5 Å². The Morgan fingerprint density at radius 3 is 2.65 bits per heavy atom. The Morgan fingerprint density at radius 1 is 1.19 bits per heavy atom. The first-order valence-corrected chi connectivity index (χ1v) is 9.03. The number of imidazole rings is 1. The lowest BCUT2D eigenvalue weighted by Crippen LogP contribution is -2.31. The van der Waals surface area contributed by atoms with Crippen LogP contribution in [0.15, 0.2) is 48.5 Å². The van der Waals surface area contributed by atoms with Crippen LogP contribution in [-0.2, 0) is 11.2 Å². The van der Waals surface area contributed by atoms with Crippen LogP contribution in [0, 0.1) is 0 Å². The second kappa shape index (κ2) is 8.23. The van der Waals surface area contributed by atoms with Gasteiger partial charge in [-0.15, -0.1) is 0 Å². The van der Waals surface area contributed by atoms with E-state index < -0.39 is 0 Å². The zero-order chi connectivity index (χ0) is 18.5. The number of rotatable bonds is 7. The van der Waals surface area contributed by atoms with Gasteiger partial charge in [0.05, 0.1) is 11.0 Å². The molecule has 0 unspecified atom stereocenters. The molecular weight excluding hydrogens is 350 g/mol. The van der Waals surface area contributed by atoms with E-state index in [1.807, 2.05) is 18.2 Å². The summed E-state index contributed by atoms with van der Waals surface area (Å²) < 4.78 is 7.66. The van der Waals surface area contributed by atoms with Gasteiger partial charge < -0.3 is 14.6 Å². The van der Waals surface area contributed by atoms with Crippen LogP contribution in [0.2, 0.25) is 5.02 Å². The Bertz CT molecular complexity index is 888. The van der Waals surface area contributed by atoms with Gasteiger partial charge in [0.25, 0.3) is 5.91 Å². The molecular formula is C20H22ClN3O2. The van der Waals surface area contributed by atoms with Gasteiger partial charge in [0.15, 0.2) is 6.61 Å². The molecule has 0 fully saturated rings. The lowest BCUT2D eigenvalue weighted by Gasteiger charge is -2.13. The summed E-state index contributed by atoms with van der Waals surface area (Å²) in [6.07, 6.45) is 0.666. The summed E-state index contributed by atoms with van der Waals surface area (Å²) >= 11 is 5.82. The highest BCUT2D eigenvalue weighted by Gasteiger charge is 2.13. The van der Waals surface area contributed by atoms with Crippen molar-refractivity contribution in [3.8, 4) is 5.75 Å². The number of hydrogen-bond donors (Lipinski definition) is 1. The molecule has 0 spiro atoms. The van der Waals surface area contributed by atoms with Crippen molar-refractivity contribution < 1.29 is 9.53 Å². The van der Waals surface area contributed by atoms with Gasteiger partial charge in [-0.05, 0) is 50.2 Å². The number of nitrogens with one attached hydrogen (secondary N) is 1. The van der Waals surface area contributed by atoms with E-state index in [4.69, 9.17) is 21.3 Å². The number of hydrogen-bond acceptors (Lipinski definition) is 3. The van der Waals surface area contributed by atoms with Crippen LogP contribution in [0.5, 0.6) is 5.75 Å². The van der Waals surface area contributed by atoms with E-state index in [2.05, 4.69) is 29.8 Å². The van der Waals surface area contributed by atoms with Gasteiger partial charge in [0, 0.05) is 24.0 Å². The van der Waals surface area contributed by atoms with Crippen molar-refractivity contribution in [3.05, 3.63) is 59.4 Å². The molecule has 0 saturated carbocycles. The van der Waals surface area contributed by atoms with E-state index in [0.717, 1.165) is 16.9 Å². The maximum Gasteiger partial charge on any atom is 0.257 e. The van der Waals surface area contributed by atoms with Crippen LogP contribution < -0.4 is 10.1 Å². The van der Waals surface area contributed by atoms with Crippen molar-refractivity contribution in [2.75, 3.05) is 13.2 Å². The van der Waals surface area contributed by atoms with Crippen molar-refractivity contribution in [2.45, 2.75) is 26.3 Å². The first kappa shape index (κ1) is 18.3.